The topological polar surface area (TPSA) is 21.3 Å². The lowest BCUT2D eigenvalue weighted by molar-refractivity contribution is -0.114. The van der Waals surface area contributed by atoms with Gasteiger partial charge in [0.2, 0.25) is 0 Å². The van der Waals surface area contributed by atoms with Gasteiger partial charge in [0.05, 0.1) is 6.10 Å². The molecule has 2 aliphatic rings. The van der Waals surface area contributed by atoms with Gasteiger partial charge in [-0.15, -0.1) is 6.58 Å². The molecule has 1 heterocycles. The van der Waals surface area contributed by atoms with Crippen LogP contribution in [-0.2, 0) is 4.74 Å². The Morgan fingerprint density at radius 3 is 3.00 bits per heavy atom. The highest BCUT2D eigenvalue weighted by Gasteiger charge is 2.59. The smallest absolute Gasteiger partial charge is 0.0685 e. The van der Waals surface area contributed by atoms with Crippen molar-refractivity contribution >= 4 is 0 Å². The predicted octanol–water partition coefficient (Wildman–Crippen LogP) is 2.35. The highest BCUT2D eigenvalue weighted by molar-refractivity contribution is 5.11. The average molecular weight is 209 g/mol. The largest absolute Gasteiger partial charge is 0.377 e. The van der Waals surface area contributed by atoms with Gasteiger partial charge >= 0.3 is 0 Å². The van der Waals surface area contributed by atoms with Crippen LogP contribution in [0.4, 0.5) is 0 Å². The lowest BCUT2D eigenvalue weighted by Crippen LogP contribution is -2.67. The van der Waals surface area contributed by atoms with Crippen LogP contribution in [0.15, 0.2) is 12.7 Å². The highest BCUT2D eigenvalue weighted by Crippen LogP contribution is 2.52. The van der Waals surface area contributed by atoms with Crippen molar-refractivity contribution in [1.82, 2.24) is 5.32 Å². The summed E-state index contributed by atoms with van der Waals surface area (Å²) in [7, 11) is 0. The molecule has 1 saturated heterocycles. The minimum absolute atomic E-state index is 0.302. The van der Waals surface area contributed by atoms with Gasteiger partial charge in [0, 0.05) is 30.0 Å². The second-order valence-electron chi connectivity index (χ2n) is 5.64. The molecule has 86 valence electrons. The van der Waals surface area contributed by atoms with E-state index in [9.17, 15) is 0 Å². The van der Waals surface area contributed by atoms with Crippen LogP contribution in [0.2, 0.25) is 0 Å². The van der Waals surface area contributed by atoms with Crippen LogP contribution in [0.5, 0.6) is 0 Å². The van der Waals surface area contributed by atoms with E-state index in [1.807, 2.05) is 6.08 Å². The fraction of sp³-hybridized carbons (Fsp3) is 0.846. The molecule has 1 aliphatic heterocycles. The van der Waals surface area contributed by atoms with Gasteiger partial charge in [-0.05, 0) is 19.8 Å². The first-order chi connectivity index (χ1) is 7.07. The number of hydrogen-bond acceptors (Lipinski definition) is 2. The number of hydrogen-bond donors (Lipinski definition) is 1. The monoisotopic (exact) mass is 209 g/mol. The van der Waals surface area contributed by atoms with E-state index in [2.05, 4.69) is 32.7 Å². The van der Waals surface area contributed by atoms with Gasteiger partial charge in [0.15, 0.2) is 0 Å². The Labute approximate surface area is 93.1 Å². The van der Waals surface area contributed by atoms with Crippen molar-refractivity contribution in [2.75, 3.05) is 6.61 Å². The molecule has 2 nitrogen and oxygen atoms in total. The number of fused-ring (bicyclic) bond motifs is 1. The van der Waals surface area contributed by atoms with Crippen molar-refractivity contribution in [2.24, 2.45) is 11.3 Å². The molecule has 2 rings (SSSR count). The standard InChI is InChI=1S/C13H23NO/c1-5-6-9(2)14-11-10-7-8-15-12(10)13(11,3)4/h5,9-12,14H,1,6-8H2,2-4H3. The molecule has 2 fully saturated rings. The summed E-state index contributed by atoms with van der Waals surface area (Å²) in [4.78, 5) is 0. The molecule has 1 saturated carbocycles. The lowest BCUT2D eigenvalue weighted by Gasteiger charge is -2.55. The van der Waals surface area contributed by atoms with Crippen LogP contribution in [0.1, 0.15) is 33.6 Å². The van der Waals surface area contributed by atoms with Crippen LogP contribution in [-0.4, -0.2) is 24.8 Å². The minimum atomic E-state index is 0.302. The summed E-state index contributed by atoms with van der Waals surface area (Å²) in [6.45, 7) is 11.6. The zero-order valence-corrected chi connectivity index (χ0v) is 10.1. The van der Waals surface area contributed by atoms with E-state index in [1.165, 1.54) is 6.42 Å². The fourth-order valence-electron chi connectivity index (χ4n) is 3.29. The number of ether oxygens (including phenoxy) is 1. The average Bonchev–Trinajstić information content (AvgIpc) is 2.61. The zero-order chi connectivity index (χ0) is 11.1. The molecule has 0 bridgehead atoms. The van der Waals surface area contributed by atoms with Crippen LogP contribution in [0, 0.1) is 11.3 Å². The molecular formula is C13H23NO. The molecule has 1 aliphatic carbocycles. The van der Waals surface area contributed by atoms with Crippen molar-refractivity contribution < 1.29 is 4.74 Å². The van der Waals surface area contributed by atoms with Crippen LogP contribution in [0.3, 0.4) is 0 Å². The Morgan fingerprint density at radius 1 is 1.60 bits per heavy atom. The van der Waals surface area contributed by atoms with Crippen LogP contribution < -0.4 is 5.32 Å². The normalized spacial score (nSPS) is 39.3. The number of rotatable bonds is 4. The second kappa shape index (κ2) is 3.91. The molecule has 1 N–H and O–H groups in total. The Balaban J connectivity index is 1.94. The Bertz CT molecular complexity index is 249. The molecule has 0 aromatic rings. The number of nitrogens with one attached hydrogen (secondary N) is 1. The van der Waals surface area contributed by atoms with E-state index in [0.717, 1.165) is 18.9 Å². The van der Waals surface area contributed by atoms with Crippen molar-refractivity contribution in [3.05, 3.63) is 12.7 Å². The van der Waals surface area contributed by atoms with Gasteiger partial charge in [0.25, 0.3) is 0 Å². The van der Waals surface area contributed by atoms with E-state index in [0.29, 0.717) is 23.6 Å². The van der Waals surface area contributed by atoms with Gasteiger partial charge in [-0.2, -0.15) is 0 Å². The summed E-state index contributed by atoms with van der Waals surface area (Å²) in [6.07, 6.45) is 4.76. The first-order valence-electron chi connectivity index (χ1n) is 6.06. The summed E-state index contributed by atoms with van der Waals surface area (Å²) in [5.74, 6) is 0.743. The molecule has 15 heavy (non-hydrogen) atoms. The Kier molecular flexibility index (Phi) is 2.91. The van der Waals surface area contributed by atoms with Crippen molar-refractivity contribution in [2.45, 2.75) is 51.8 Å². The maximum Gasteiger partial charge on any atom is 0.0685 e. The summed E-state index contributed by atoms with van der Waals surface area (Å²) in [5.41, 5.74) is 0.302. The maximum atomic E-state index is 5.78. The van der Waals surface area contributed by atoms with Gasteiger partial charge < -0.3 is 10.1 Å². The molecule has 2 heteroatoms. The van der Waals surface area contributed by atoms with E-state index in [-0.39, 0.29) is 0 Å². The van der Waals surface area contributed by atoms with Gasteiger partial charge in [-0.3, -0.25) is 0 Å². The quantitative estimate of drug-likeness (QED) is 0.718. The van der Waals surface area contributed by atoms with Gasteiger partial charge in [0.1, 0.15) is 0 Å². The van der Waals surface area contributed by atoms with Crippen LogP contribution in [0.25, 0.3) is 0 Å². The summed E-state index contributed by atoms with van der Waals surface area (Å²) >= 11 is 0. The molecule has 4 atom stereocenters. The lowest BCUT2D eigenvalue weighted by atomic mass is 9.57. The predicted molar refractivity (Wildman–Crippen MR) is 62.8 cm³/mol. The van der Waals surface area contributed by atoms with Crippen molar-refractivity contribution in [3.8, 4) is 0 Å². The van der Waals surface area contributed by atoms with Crippen molar-refractivity contribution in [1.29, 1.82) is 0 Å². The van der Waals surface area contributed by atoms with Crippen molar-refractivity contribution in [3.63, 3.8) is 0 Å². The fourth-order valence-corrected chi connectivity index (χ4v) is 3.29. The first-order valence-corrected chi connectivity index (χ1v) is 6.06. The van der Waals surface area contributed by atoms with E-state index < -0.39 is 0 Å². The first kappa shape index (κ1) is 11.2. The highest BCUT2D eigenvalue weighted by atomic mass is 16.5. The molecule has 0 radical (unpaired) electrons. The second-order valence-corrected chi connectivity index (χ2v) is 5.64. The molecule has 0 aromatic carbocycles. The molecule has 0 spiro atoms. The molecular weight excluding hydrogens is 186 g/mol. The summed E-state index contributed by atoms with van der Waals surface area (Å²) in [5, 5.41) is 3.73. The molecule has 0 aromatic heterocycles. The molecule has 0 amide bonds. The molecule has 4 unspecified atom stereocenters. The maximum absolute atomic E-state index is 5.78. The summed E-state index contributed by atoms with van der Waals surface area (Å²) < 4.78 is 5.78. The SMILES string of the molecule is C=CCC(C)NC1C2CCOC2C1(C)C. The Hall–Kier alpha value is -0.340. The van der Waals surface area contributed by atoms with Gasteiger partial charge in [-0.1, -0.05) is 19.9 Å². The minimum Gasteiger partial charge on any atom is -0.377 e. The van der Waals surface area contributed by atoms with E-state index >= 15 is 0 Å². The van der Waals surface area contributed by atoms with Gasteiger partial charge in [-0.25, -0.2) is 0 Å². The summed E-state index contributed by atoms with van der Waals surface area (Å²) in [6, 6.07) is 1.16. The van der Waals surface area contributed by atoms with E-state index in [4.69, 9.17) is 4.74 Å². The third-order valence-electron chi connectivity index (χ3n) is 4.08. The van der Waals surface area contributed by atoms with Crippen LogP contribution >= 0.6 is 0 Å². The zero-order valence-electron chi connectivity index (χ0n) is 10.1. The Morgan fingerprint density at radius 2 is 2.33 bits per heavy atom. The third kappa shape index (κ3) is 1.74. The van der Waals surface area contributed by atoms with E-state index in [1.54, 1.807) is 0 Å². The third-order valence-corrected chi connectivity index (χ3v) is 4.08.